The Balaban J connectivity index is 2.00. The van der Waals surface area contributed by atoms with Gasteiger partial charge in [-0.25, -0.2) is 9.97 Å². The predicted octanol–water partition coefficient (Wildman–Crippen LogP) is 1.54. The maximum atomic E-state index is 11.7. The minimum absolute atomic E-state index is 0.0198. The molecule has 9 nitrogen and oxygen atoms in total. The van der Waals surface area contributed by atoms with Crippen LogP contribution < -0.4 is 22.1 Å². The van der Waals surface area contributed by atoms with Crippen molar-refractivity contribution in [2.45, 2.75) is 19.4 Å². The van der Waals surface area contributed by atoms with Gasteiger partial charge in [-0.2, -0.15) is 0 Å². The number of rotatable bonds is 7. The van der Waals surface area contributed by atoms with Crippen LogP contribution in [0.15, 0.2) is 42.7 Å². The second kappa shape index (κ2) is 7.65. The minimum atomic E-state index is -0.725. The topological polar surface area (TPSA) is 149 Å². The minimum Gasteiger partial charge on any atom is -0.368 e. The van der Waals surface area contributed by atoms with Crippen molar-refractivity contribution in [1.29, 1.82) is 0 Å². The van der Waals surface area contributed by atoms with E-state index in [4.69, 9.17) is 11.5 Å². The lowest BCUT2D eigenvalue weighted by Crippen LogP contribution is -2.35. The number of pyridine rings is 1. The van der Waals surface area contributed by atoms with Crippen molar-refractivity contribution < 1.29 is 9.59 Å². The highest BCUT2D eigenvalue weighted by molar-refractivity contribution is 5.99. The van der Waals surface area contributed by atoms with E-state index in [9.17, 15) is 9.59 Å². The molecule has 0 aliphatic heterocycles. The average molecular weight is 365 g/mol. The first-order valence-electron chi connectivity index (χ1n) is 8.33. The van der Waals surface area contributed by atoms with Crippen LogP contribution in [0.25, 0.3) is 10.9 Å². The van der Waals surface area contributed by atoms with E-state index in [0.29, 0.717) is 17.9 Å². The van der Waals surface area contributed by atoms with Crippen LogP contribution in [0.2, 0.25) is 0 Å². The quantitative estimate of drug-likeness (QED) is 0.496. The van der Waals surface area contributed by atoms with E-state index in [-0.39, 0.29) is 11.5 Å². The van der Waals surface area contributed by atoms with Crippen molar-refractivity contribution in [2.75, 3.05) is 10.6 Å². The third-order valence-electron chi connectivity index (χ3n) is 3.98. The fourth-order valence-electron chi connectivity index (χ4n) is 2.62. The number of anilines is 3. The number of hydrogen-bond donors (Lipinski definition) is 4. The summed E-state index contributed by atoms with van der Waals surface area (Å²) in [7, 11) is 0. The van der Waals surface area contributed by atoms with Crippen LogP contribution in [0, 0.1) is 0 Å². The van der Waals surface area contributed by atoms with E-state index < -0.39 is 17.9 Å². The molecule has 9 heteroatoms. The first-order valence-corrected chi connectivity index (χ1v) is 8.33. The largest absolute Gasteiger partial charge is 0.368 e. The molecule has 27 heavy (non-hydrogen) atoms. The molecule has 1 atom stereocenters. The molecule has 0 spiro atoms. The maximum absolute atomic E-state index is 11.7. The van der Waals surface area contributed by atoms with Gasteiger partial charge < -0.3 is 22.1 Å². The van der Waals surface area contributed by atoms with Gasteiger partial charge in [-0.05, 0) is 30.7 Å². The lowest BCUT2D eigenvalue weighted by molar-refractivity contribution is -0.118. The van der Waals surface area contributed by atoms with Gasteiger partial charge in [-0.15, -0.1) is 0 Å². The zero-order valence-electron chi connectivity index (χ0n) is 14.6. The molecular formula is C18H19N7O2. The first-order chi connectivity index (χ1) is 13.0. The third kappa shape index (κ3) is 3.92. The van der Waals surface area contributed by atoms with Gasteiger partial charge >= 0.3 is 0 Å². The number of nitrogens with two attached hydrogens (primary N) is 2. The molecule has 138 valence electrons. The highest BCUT2D eigenvalue weighted by atomic mass is 16.1. The smallest absolute Gasteiger partial charge is 0.271 e. The third-order valence-corrected chi connectivity index (χ3v) is 3.98. The number of fused-ring (bicyclic) bond motifs is 1. The van der Waals surface area contributed by atoms with E-state index in [1.165, 1.54) is 6.20 Å². The van der Waals surface area contributed by atoms with E-state index in [1.807, 2.05) is 37.3 Å². The highest BCUT2D eigenvalue weighted by Gasteiger charge is 2.17. The Hall–Kier alpha value is -3.75. The van der Waals surface area contributed by atoms with Gasteiger partial charge in [0.15, 0.2) is 11.5 Å². The fourth-order valence-corrected chi connectivity index (χ4v) is 2.62. The Labute approximate surface area is 155 Å². The maximum Gasteiger partial charge on any atom is 0.271 e. The molecule has 1 aromatic carbocycles. The van der Waals surface area contributed by atoms with E-state index in [0.717, 1.165) is 10.9 Å². The van der Waals surface area contributed by atoms with Crippen LogP contribution in [-0.2, 0) is 4.79 Å². The number of benzene rings is 1. The first kappa shape index (κ1) is 18.1. The SMILES string of the molecule is CCC(Nc1cnc(C(N)=O)c(Nc2cccc3ncccc23)n1)C(N)=O. The van der Waals surface area contributed by atoms with E-state index in [2.05, 4.69) is 25.6 Å². The molecule has 2 amide bonds. The zero-order valence-corrected chi connectivity index (χ0v) is 14.6. The number of carbonyl (C=O) groups excluding carboxylic acids is 2. The normalized spacial score (nSPS) is 11.7. The van der Waals surface area contributed by atoms with Gasteiger partial charge in [0, 0.05) is 17.3 Å². The standard InChI is InChI=1S/C18H19N7O2/c1-2-11(16(19)26)23-14-9-22-15(17(20)27)18(25-14)24-13-7-3-6-12-10(13)5-4-8-21-12/h3-9,11H,2H2,1H3,(H2,19,26)(H2,20,27)(H2,23,24,25). The van der Waals surface area contributed by atoms with Crippen molar-refractivity contribution >= 4 is 40.0 Å². The van der Waals surface area contributed by atoms with Crippen molar-refractivity contribution in [1.82, 2.24) is 15.0 Å². The van der Waals surface area contributed by atoms with Gasteiger partial charge in [0.2, 0.25) is 5.91 Å². The van der Waals surface area contributed by atoms with Gasteiger partial charge in [0.25, 0.3) is 5.91 Å². The Morgan fingerprint density at radius 3 is 2.67 bits per heavy atom. The van der Waals surface area contributed by atoms with Crippen molar-refractivity contribution in [3.05, 3.63) is 48.4 Å². The molecule has 0 fully saturated rings. The number of primary amides is 2. The monoisotopic (exact) mass is 365 g/mol. The highest BCUT2D eigenvalue weighted by Crippen LogP contribution is 2.26. The number of nitrogens with one attached hydrogen (secondary N) is 2. The van der Waals surface area contributed by atoms with E-state index in [1.54, 1.807) is 6.20 Å². The van der Waals surface area contributed by atoms with Crippen LogP contribution in [0.3, 0.4) is 0 Å². The molecule has 3 rings (SSSR count). The number of hydrogen-bond acceptors (Lipinski definition) is 7. The molecule has 1 unspecified atom stereocenters. The summed E-state index contributed by atoms with van der Waals surface area (Å²) in [6.07, 6.45) is 3.51. The van der Waals surface area contributed by atoms with Crippen LogP contribution in [-0.4, -0.2) is 32.8 Å². The zero-order chi connectivity index (χ0) is 19.4. The van der Waals surface area contributed by atoms with Crippen LogP contribution in [0.5, 0.6) is 0 Å². The van der Waals surface area contributed by atoms with Crippen LogP contribution in [0.1, 0.15) is 23.8 Å². The molecule has 0 radical (unpaired) electrons. The fraction of sp³-hybridized carbons (Fsp3) is 0.167. The van der Waals surface area contributed by atoms with Crippen molar-refractivity contribution in [3.8, 4) is 0 Å². The summed E-state index contributed by atoms with van der Waals surface area (Å²) in [5, 5.41) is 6.84. The summed E-state index contributed by atoms with van der Waals surface area (Å²) in [5.41, 5.74) is 12.2. The van der Waals surface area contributed by atoms with Crippen molar-refractivity contribution in [2.24, 2.45) is 11.5 Å². The second-order valence-electron chi connectivity index (χ2n) is 5.82. The van der Waals surface area contributed by atoms with Gasteiger partial charge in [-0.1, -0.05) is 13.0 Å². The Morgan fingerprint density at radius 1 is 1.15 bits per heavy atom. The second-order valence-corrected chi connectivity index (χ2v) is 5.82. The van der Waals surface area contributed by atoms with Crippen LogP contribution >= 0.6 is 0 Å². The lowest BCUT2D eigenvalue weighted by atomic mass is 10.2. The Bertz CT molecular complexity index is 1000. The van der Waals surface area contributed by atoms with E-state index >= 15 is 0 Å². The predicted molar refractivity (Wildman–Crippen MR) is 102 cm³/mol. The summed E-state index contributed by atoms with van der Waals surface area (Å²) < 4.78 is 0. The summed E-state index contributed by atoms with van der Waals surface area (Å²) in [6, 6.07) is 8.63. The molecule has 3 aromatic rings. The van der Waals surface area contributed by atoms with Gasteiger partial charge in [-0.3, -0.25) is 14.6 Å². The Kier molecular flexibility index (Phi) is 5.11. The number of nitrogens with zero attached hydrogens (tertiary/aromatic N) is 3. The van der Waals surface area contributed by atoms with Crippen LogP contribution in [0.4, 0.5) is 17.3 Å². The molecule has 6 N–H and O–H groups in total. The molecule has 2 heterocycles. The molecule has 0 aliphatic carbocycles. The number of aromatic nitrogens is 3. The van der Waals surface area contributed by atoms with Gasteiger partial charge in [0.05, 0.1) is 11.7 Å². The summed E-state index contributed by atoms with van der Waals surface area (Å²) in [6.45, 7) is 1.82. The lowest BCUT2D eigenvalue weighted by Gasteiger charge is -2.16. The van der Waals surface area contributed by atoms with Gasteiger partial charge in [0.1, 0.15) is 11.9 Å². The molecule has 0 aliphatic rings. The molecule has 0 bridgehead atoms. The summed E-state index contributed by atoms with van der Waals surface area (Å²) in [4.78, 5) is 35.9. The molecular weight excluding hydrogens is 346 g/mol. The number of amides is 2. The molecule has 2 aromatic heterocycles. The Morgan fingerprint density at radius 2 is 1.96 bits per heavy atom. The van der Waals surface area contributed by atoms with Crippen molar-refractivity contribution in [3.63, 3.8) is 0 Å². The number of carbonyl (C=O) groups is 2. The summed E-state index contributed by atoms with van der Waals surface area (Å²) >= 11 is 0. The summed E-state index contributed by atoms with van der Waals surface area (Å²) in [5.74, 6) is -0.764. The average Bonchev–Trinajstić information content (AvgIpc) is 2.66. The molecule has 0 saturated carbocycles. The molecule has 0 saturated heterocycles.